The van der Waals surface area contributed by atoms with Crippen LogP contribution in [0.5, 0.6) is 0 Å². The summed E-state index contributed by atoms with van der Waals surface area (Å²) in [7, 11) is 0. The second-order valence-electron chi connectivity index (χ2n) is 4.92. The Morgan fingerprint density at radius 2 is 1.94 bits per heavy atom. The van der Waals surface area contributed by atoms with Gasteiger partial charge < -0.3 is 5.32 Å². The summed E-state index contributed by atoms with van der Waals surface area (Å²) in [6.45, 7) is 1.62. The third kappa shape index (κ3) is 1.82. The zero-order valence-corrected chi connectivity index (χ0v) is 10.1. The molecule has 0 radical (unpaired) electrons. The SMILES string of the molecule is O=C1CC(c2ccccc2)C(=O)N1C1CCNC1. The van der Waals surface area contributed by atoms with Crippen LogP contribution in [-0.2, 0) is 9.59 Å². The Morgan fingerprint density at radius 3 is 2.61 bits per heavy atom. The van der Waals surface area contributed by atoms with E-state index in [1.807, 2.05) is 30.3 Å². The minimum absolute atomic E-state index is 0.0254. The lowest BCUT2D eigenvalue weighted by molar-refractivity contribution is -0.141. The number of hydrogen-bond donors (Lipinski definition) is 1. The molecule has 0 aliphatic carbocycles. The maximum absolute atomic E-state index is 12.4. The second-order valence-corrected chi connectivity index (χ2v) is 4.92. The lowest BCUT2D eigenvalue weighted by Crippen LogP contribution is -2.41. The number of nitrogens with one attached hydrogen (secondary N) is 1. The van der Waals surface area contributed by atoms with E-state index in [-0.39, 0.29) is 23.8 Å². The molecule has 0 bridgehead atoms. The number of likely N-dealkylation sites (tertiary alicyclic amines) is 1. The van der Waals surface area contributed by atoms with Crippen LogP contribution in [0.3, 0.4) is 0 Å². The van der Waals surface area contributed by atoms with Crippen molar-refractivity contribution in [3.8, 4) is 0 Å². The van der Waals surface area contributed by atoms with Crippen LogP contribution in [0.25, 0.3) is 0 Å². The monoisotopic (exact) mass is 244 g/mol. The average Bonchev–Trinajstić information content (AvgIpc) is 2.99. The first-order valence-electron chi connectivity index (χ1n) is 6.39. The number of nitrogens with zero attached hydrogens (tertiary/aromatic N) is 1. The summed E-state index contributed by atoms with van der Waals surface area (Å²) in [5.41, 5.74) is 0.948. The molecule has 0 saturated carbocycles. The third-order valence-corrected chi connectivity index (χ3v) is 3.78. The molecule has 3 rings (SSSR count). The van der Waals surface area contributed by atoms with Gasteiger partial charge in [-0.2, -0.15) is 0 Å². The first-order valence-corrected chi connectivity index (χ1v) is 6.39. The Bertz CT molecular complexity index is 466. The number of benzene rings is 1. The topological polar surface area (TPSA) is 49.4 Å². The molecule has 2 aliphatic rings. The lowest BCUT2D eigenvalue weighted by atomic mass is 9.98. The van der Waals surface area contributed by atoms with Gasteiger partial charge in [0.05, 0.1) is 12.0 Å². The molecule has 2 atom stereocenters. The van der Waals surface area contributed by atoms with Crippen molar-refractivity contribution in [1.29, 1.82) is 0 Å². The Morgan fingerprint density at radius 1 is 1.17 bits per heavy atom. The molecule has 18 heavy (non-hydrogen) atoms. The molecule has 2 aliphatic heterocycles. The molecule has 2 saturated heterocycles. The number of carbonyl (C=O) groups excluding carboxylic acids is 2. The van der Waals surface area contributed by atoms with Gasteiger partial charge in [-0.05, 0) is 18.5 Å². The van der Waals surface area contributed by atoms with Crippen molar-refractivity contribution >= 4 is 11.8 Å². The summed E-state index contributed by atoms with van der Waals surface area (Å²) in [6, 6.07) is 9.64. The van der Waals surface area contributed by atoms with E-state index in [1.165, 1.54) is 4.90 Å². The number of hydrogen-bond acceptors (Lipinski definition) is 3. The predicted molar refractivity (Wildman–Crippen MR) is 66.9 cm³/mol. The molecule has 4 nitrogen and oxygen atoms in total. The van der Waals surface area contributed by atoms with Gasteiger partial charge in [-0.15, -0.1) is 0 Å². The maximum Gasteiger partial charge on any atom is 0.237 e. The fourth-order valence-electron chi connectivity index (χ4n) is 2.84. The number of imide groups is 1. The van der Waals surface area contributed by atoms with E-state index in [0.29, 0.717) is 6.42 Å². The van der Waals surface area contributed by atoms with Crippen molar-refractivity contribution in [1.82, 2.24) is 10.2 Å². The molecular weight excluding hydrogens is 228 g/mol. The van der Waals surface area contributed by atoms with E-state index in [2.05, 4.69) is 5.32 Å². The zero-order valence-electron chi connectivity index (χ0n) is 10.1. The highest BCUT2D eigenvalue weighted by molar-refractivity contribution is 6.06. The molecule has 1 N–H and O–H groups in total. The Hall–Kier alpha value is -1.68. The highest BCUT2D eigenvalue weighted by atomic mass is 16.2. The van der Waals surface area contributed by atoms with Gasteiger partial charge in [0.25, 0.3) is 0 Å². The normalized spacial score (nSPS) is 28.1. The van der Waals surface area contributed by atoms with Gasteiger partial charge in [-0.1, -0.05) is 30.3 Å². The lowest BCUT2D eigenvalue weighted by Gasteiger charge is -2.21. The van der Waals surface area contributed by atoms with Crippen LogP contribution in [0.2, 0.25) is 0 Å². The minimum Gasteiger partial charge on any atom is -0.315 e. The molecule has 0 spiro atoms. The van der Waals surface area contributed by atoms with Crippen molar-refractivity contribution in [3.63, 3.8) is 0 Å². The van der Waals surface area contributed by atoms with Crippen molar-refractivity contribution < 1.29 is 9.59 Å². The average molecular weight is 244 g/mol. The van der Waals surface area contributed by atoms with E-state index < -0.39 is 0 Å². The summed E-state index contributed by atoms with van der Waals surface area (Å²) in [5, 5.41) is 3.20. The van der Waals surface area contributed by atoms with Crippen molar-refractivity contribution in [2.45, 2.75) is 24.8 Å². The number of amides is 2. The quantitative estimate of drug-likeness (QED) is 0.786. The smallest absolute Gasteiger partial charge is 0.237 e. The molecule has 2 unspecified atom stereocenters. The fourth-order valence-corrected chi connectivity index (χ4v) is 2.84. The summed E-state index contributed by atoms with van der Waals surface area (Å²) >= 11 is 0. The first-order chi connectivity index (χ1) is 8.77. The van der Waals surface area contributed by atoms with Gasteiger partial charge in [0.15, 0.2) is 0 Å². The van der Waals surface area contributed by atoms with Gasteiger partial charge in [-0.3, -0.25) is 14.5 Å². The Balaban J connectivity index is 1.84. The van der Waals surface area contributed by atoms with E-state index in [1.54, 1.807) is 0 Å². The Kier molecular flexibility index (Phi) is 2.88. The molecule has 2 fully saturated rings. The summed E-state index contributed by atoms with van der Waals surface area (Å²) in [5.74, 6) is -0.332. The Labute approximate surface area is 106 Å². The van der Waals surface area contributed by atoms with Crippen LogP contribution in [0, 0.1) is 0 Å². The van der Waals surface area contributed by atoms with Crippen LogP contribution in [0.1, 0.15) is 24.3 Å². The molecule has 94 valence electrons. The third-order valence-electron chi connectivity index (χ3n) is 3.78. The van der Waals surface area contributed by atoms with Gasteiger partial charge in [0, 0.05) is 13.0 Å². The molecule has 1 aromatic carbocycles. The van der Waals surface area contributed by atoms with Crippen LogP contribution >= 0.6 is 0 Å². The van der Waals surface area contributed by atoms with Gasteiger partial charge in [-0.25, -0.2) is 0 Å². The molecule has 1 aromatic rings. The highest BCUT2D eigenvalue weighted by Crippen LogP contribution is 2.31. The number of rotatable bonds is 2. The molecule has 4 heteroatoms. The van der Waals surface area contributed by atoms with E-state index in [0.717, 1.165) is 25.1 Å². The highest BCUT2D eigenvalue weighted by Gasteiger charge is 2.43. The minimum atomic E-state index is -0.278. The first kappa shape index (κ1) is 11.4. The van der Waals surface area contributed by atoms with Crippen molar-refractivity contribution in [3.05, 3.63) is 35.9 Å². The van der Waals surface area contributed by atoms with E-state index >= 15 is 0 Å². The molecular formula is C14H16N2O2. The molecule has 2 heterocycles. The van der Waals surface area contributed by atoms with Crippen LogP contribution in [0.4, 0.5) is 0 Å². The molecule has 0 aromatic heterocycles. The fraction of sp³-hybridized carbons (Fsp3) is 0.429. The van der Waals surface area contributed by atoms with Gasteiger partial charge >= 0.3 is 0 Å². The predicted octanol–water partition coefficient (Wildman–Crippen LogP) is 0.891. The van der Waals surface area contributed by atoms with Crippen molar-refractivity contribution in [2.24, 2.45) is 0 Å². The van der Waals surface area contributed by atoms with E-state index in [9.17, 15) is 9.59 Å². The summed E-state index contributed by atoms with van der Waals surface area (Å²) in [6.07, 6.45) is 1.19. The van der Waals surface area contributed by atoms with Crippen molar-refractivity contribution in [2.75, 3.05) is 13.1 Å². The second kappa shape index (κ2) is 4.53. The van der Waals surface area contributed by atoms with Gasteiger partial charge in [0.1, 0.15) is 0 Å². The van der Waals surface area contributed by atoms with Gasteiger partial charge in [0.2, 0.25) is 11.8 Å². The zero-order chi connectivity index (χ0) is 12.5. The van der Waals surface area contributed by atoms with Crippen LogP contribution in [-0.4, -0.2) is 35.8 Å². The largest absolute Gasteiger partial charge is 0.315 e. The standard InChI is InChI=1S/C14H16N2O2/c17-13-8-12(10-4-2-1-3-5-10)14(18)16(13)11-6-7-15-9-11/h1-5,11-12,15H,6-9H2. The summed E-state index contributed by atoms with van der Waals surface area (Å²) in [4.78, 5) is 25.9. The van der Waals surface area contributed by atoms with Crippen LogP contribution in [0.15, 0.2) is 30.3 Å². The van der Waals surface area contributed by atoms with E-state index in [4.69, 9.17) is 0 Å². The molecule has 2 amide bonds. The maximum atomic E-state index is 12.4. The number of carbonyl (C=O) groups is 2. The summed E-state index contributed by atoms with van der Waals surface area (Å²) < 4.78 is 0. The van der Waals surface area contributed by atoms with Crippen LogP contribution < -0.4 is 5.32 Å².